The number of benzene rings is 1. The van der Waals surface area contributed by atoms with Crippen LogP contribution in [0.3, 0.4) is 0 Å². The summed E-state index contributed by atoms with van der Waals surface area (Å²) >= 11 is 0. The fourth-order valence-electron chi connectivity index (χ4n) is 4.00. The largest absolute Gasteiger partial charge is 0.464 e. The third-order valence-electron chi connectivity index (χ3n) is 5.80. The van der Waals surface area contributed by atoms with E-state index in [4.69, 9.17) is 4.74 Å². The molecule has 1 fully saturated rings. The van der Waals surface area contributed by atoms with Crippen molar-refractivity contribution in [3.8, 4) is 0 Å². The third kappa shape index (κ3) is 5.25. The second-order valence-electron chi connectivity index (χ2n) is 8.43. The van der Waals surface area contributed by atoms with E-state index >= 15 is 0 Å². The molecule has 1 N–H and O–H groups in total. The Morgan fingerprint density at radius 3 is 2.82 bits per heavy atom. The molecule has 3 heterocycles. The van der Waals surface area contributed by atoms with Crippen LogP contribution in [0.4, 0.5) is 0 Å². The van der Waals surface area contributed by atoms with E-state index in [0.717, 1.165) is 16.6 Å². The van der Waals surface area contributed by atoms with Crippen molar-refractivity contribution in [3.05, 3.63) is 65.6 Å². The van der Waals surface area contributed by atoms with Crippen LogP contribution in [0, 0.1) is 0 Å². The summed E-state index contributed by atoms with van der Waals surface area (Å²) in [4.78, 5) is 31.6. The van der Waals surface area contributed by atoms with Gasteiger partial charge >= 0.3 is 5.97 Å². The zero-order valence-corrected chi connectivity index (χ0v) is 19.1. The van der Waals surface area contributed by atoms with E-state index in [9.17, 15) is 9.59 Å². The van der Waals surface area contributed by atoms with Gasteiger partial charge in [0.05, 0.1) is 43.1 Å². The maximum absolute atomic E-state index is 13.2. The number of para-hydroxylation sites is 1. The highest BCUT2D eigenvalue weighted by atomic mass is 16.5. The fourth-order valence-corrected chi connectivity index (χ4v) is 4.00. The van der Waals surface area contributed by atoms with Gasteiger partial charge in [-0.15, -0.1) is 5.10 Å². The number of aromatic nitrogens is 4. The molecular formula is C24H28N6O3. The molecule has 2 atom stereocenters. The molecule has 1 saturated heterocycles. The van der Waals surface area contributed by atoms with Gasteiger partial charge in [-0.2, -0.15) is 0 Å². The second kappa shape index (κ2) is 9.91. The molecule has 3 aromatic rings. The van der Waals surface area contributed by atoms with Crippen LogP contribution in [0.5, 0.6) is 0 Å². The molecule has 1 aliphatic heterocycles. The lowest BCUT2D eigenvalue weighted by atomic mass is 10.1. The van der Waals surface area contributed by atoms with Gasteiger partial charge in [-0.3, -0.25) is 14.7 Å². The minimum atomic E-state index is -0.530. The highest BCUT2D eigenvalue weighted by Gasteiger charge is 2.37. The summed E-state index contributed by atoms with van der Waals surface area (Å²) in [6, 6.07) is 11.5. The number of ether oxygens (including phenoxy) is 1. The number of fused-ring (bicyclic) bond motifs is 1. The van der Waals surface area contributed by atoms with Gasteiger partial charge in [-0.25, -0.2) is 9.48 Å². The van der Waals surface area contributed by atoms with Crippen molar-refractivity contribution in [2.45, 2.75) is 38.9 Å². The average Bonchev–Trinajstić information content (AvgIpc) is 3.48. The highest BCUT2D eigenvalue weighted by Crippen LogP contribution is 2.27. The Labute approximate surface area is 192 Å². The van der Waals surface area contributed by atoms with Crippen LogP contribution >= 0.6 is 0 Å². The first-order valence-corrected chi connectivity index (χ1v) is 10.9. The number of carbonyl (C=O) groups excluding carboxylic acids is 2. The molecule has 0 bridgehead atoms. The van der Waals surface area contributed by atoms with Crippen LogP contribution in [0.2, 0.25) is 0 Å². The number of allylic oxidation sites excluding steroid dienone is 1. The number of rotatable bonds is 7. The van der Waals surface area contributed by atoms with Gasteiger partial charge in [0.1, 0.15) is 0 Å². The molecule has 1 aromatic carbocycles. The molecule has 0 saturated carbocycles. The maximum Gasteiger partial charge on any atom is 0.360 e. The normalized spacial score (nSPS) is 18.3. The number of pyridine rings is 1. The number of carbonyl (C=O) groups is 2. The van der Waals surface area contributed by atoms with Crippen molar-refractivity contribution < 1.29 is 14.3 Å². The molecular weight excluding hydrogens is 420 g/mol. The Morgan fingerprint density at radius 2 is 2.03 bits per heavy atom. The molecule has 172 valence electrons. The molecule has 0 radical (unpaired) electrons. The number of hydrogen-bond acceptors (Lipinski definition) is 7. The van der Waals surface area contributed by atoms with Crippen molar-refractivity contribution in [2.75, 3.05) is 20.2 Å². The Morgan fingerprint density at radius 1 is 1.21 bits per heavy atom. The topological polar surface area (TPSA) is 102 Å². The lowest BCUT2D eigenvalue weighted by Crippen LogP contribution is -2.43. The molecule has 4 rings (SSSR count). The molecule has 9 heteroatoms. The molecule has 9 nitrogen and oxygen atoms in total. The Balaban J connectivity index is 1.46. The number of nitrogens with one attached hydrogen (secondary N) is 1. The van der Waals surface area contributed by atoms with Crippen LogP contribution in [0.15, 0.2) is 54.2 Å². The SMILES string of the molecule is COC(=O)c1cn([C@H]2C[C@@H](C(=O)NCc3ccc4ccccc4n3)N(CC=C(C)C)C2)nn1. The van der Waals surface area contributed by atoms with Crippen LogP contribution < -0.4 is 5.32 Å². The van der Waals surface area contributed by atoms with Crippen LogP contribution in [-0.2, 0) is 16.1 Å². The summed E-state index contributed by atoms with van der Waals surface area (Å²) in [5, 5.41) is 12.1. The smallest absolute Gasteiger partial charge is 0.360 e. The first-order valence-electron chi connectivity index (χ1n) is 10.9. The Hall–Kier alpha value is -3.59. The average molecular weight is 449 g/mol. The van der Waals surface area contributed by atoms with Crippen molar-refractivity contribution in [1.82, 2.24) is 30.2 Å². The van der Waals surface area contributed by atoms with Crippen molar-refractivity contribution in [1.29, 1.82) is 0 Å². The Bertz CT molecular complexity index is 1180. The maximum atomic E-state index is 13.2. The zero-order valence-electron chi connectivity index (χ0n) is 19.1. The lowest BCUT2D eigenvalue weighted by molar-refractivity contribution is -0.125. The summed E-state index contributed by atoms with van der Waals surface area (Å²) in [7, 11) is 1.31. The summed E-state index contributed by atoms with van der Waals surface area (Å²) in [5.41, 5.74) is 3.06. The van der Waals surface area contributed by atoms with E-state index in [1.807, 2.05) is 50.2 Å². The van der Waals surface area contributed by atoms with Gasteiger partial charge in [-0.05, 0) is 32.4 Å². The molecule has 33 heavy (non-hydrogen) atoms. The highest BCUT2D eigenvalue weighted by molar-refractivity contribution is 5.86. The van der Waals surface area contributed by atoms with E-state index in [2.05, 4.69) is 31.6 Å². The lowest BCUT2D eigenvalue weighted by Gasteiger charge is -2.22. The molecule has 2 aromatic heterocycles. The molecule has 0 unspecified atom stereocenters. The van der Waals surface area contributed by atoms with Gasteiger partial charge < -0.3 is 10.1 Å². The number of nitrogens with zero attached hydrogens (tertiary/aromatic N) is 5. The number of esters is 1. The number of likely N-dealkylation sites (tertiary alicyclic amines) is 1. The number of methoxy groups -OCH3 is 1. The van der Waals surface area contributed by atoms with Gasteiger partial charge in [0.25, 0.3) is 0 Å². The fraction of sp³-hybridized carbons (Fsp3) is 0.375. The predicted molar refractivity (Wildman–Crippen MR) is 123 cm³/mol. The molecule has 1 amide bonds. The van der Waals surface area contributed by atoms with E-state index in [1.165, 1.54) is 12.7 Å². The van der Waals surface area contributed by atoms with E-state index < -0.39 is 5.97 Å². The summed E-state index contributed by atoms with van der Waals surface area (Å²) in [6.07, 6.45) is 4.25. The van der Waals surface area contributed by atoms with Crippen LogP contribution in [0.25, 0.3) is 10.9 Å². The van der Waals surface area contributed by atoms with Crippen molar-refractivity contribution >= 4 is 22.8 Å². The minimum Gasteiger partial charge on any atom is -0.464 e. The molecule has 0 aliphatic carbocycles. The van der Waals surface area contributed by atoms with Crippen LogP contribution in [0.1, 0.15) is 42.5 Å². The number of hydrogen-bond donors (Lipinski definition) is 1. The van der Waals surface area contributed by atoms with Gasteiger partial charge in [0.15, 0.2) is 5.69 Å². The zero-order chi connectivity index (χ0) is 23.4. The second-order valence-corrected chi connectivity index (χ2v) is 8.43. The minimum absolute atomic E-state index is 0.0529. The van der Waals surface area contributed by atoms with Crippen molar-refractivity contribution in [2.24, 2.45) is 0 Å². The standard InChI is InChI=1S/C24H28N6O3/c1-16(2)10-11-29-14-19(30-15-21(27-28-30)24(32)33-3)12-22(29)23(31)25-13-18-9-8-17-6-4-5-7-20(17)26-18/h4-10,15,19,22H,11-14H2,1-3H3,(H,25,31)/t19-,22-/m0/s1. The quantitative estimate of drug-likeness (QED) is 0.438. The van der Waals surface area contributed by atoms with Crippen molar-refractivity contribution in [3.63, 3.8) is 0 Å². The number of amides is 1. The van der Waals surface area contributed by atoms with Gasteiger partial charge in [0, 0.05) is 18.5 Å². The first-order chi connectivity index (χ1) is 15.9. The molecule has 1 aliphatic rings. The molecule has 0 spiro atoms. The van der Waals surface area contributed by atoms with E-state index in [0.29, 0.717) is 26.1 Å². The van der Waals surface area contributed by atoms with Gasteiger partial charge in [0.2, 0.25) is 5.91 Å². The summed E-state index contributed by atoms with van der Waals surface area (Å²) in [6.45, 7) is 5.71. The predicted octanol–water partition coefficient (Wildman–Crippen LogP) is 2.51. The van der Waals surface area contributed by atoms with E-state index in [1.54, 1.807) is 10.9 Å². The van der Waals surface area contributed by atoms with E-state index in [-0.39, 0.29) is 23.7 Å². The van der Waals surface area contributed by atoms with Crippen LogP contribution in [-0.4, -0.2) is 63.0 Å². The summed E-state index contributed by atoms with van der Waals surface area (Å²) < 4.78 is 6.37. The summed E-state index contributed by atoms with van der Waals surface area (Å²) in [5.74, 6) is -0.583. The first kappa shape index (κ1) is 22.6. The third-order valence-corrected chi connectivity index (χ3v) is 5.80. The van der Waals surface area contributed by atoms with Gasteiger partial charge in [-0.1, -0.05) is 41.1 Å². The monoisotopic (exact) mass is 448 g/mol. The Kier molecular flexibility index (Phi) is 6.79.